The lowest BCUT2D eigenvalue weighted by atomic mass is 10.0. The highest BCUT2D eigenvalue weighted by atomic mass is 16.5. The number of methoxy groups -OCH3 is 2. The van der Waals surface area contributed by atoms with Crippen molar-refractivity contribution < 1.29 is 24.2 Å². The van der Waals surface area contributed by atoms with E-state index in [0.717, 1.165) is 16.6 Å². The number of rotatable bonds is 9. The third-order valence-corrected chi connectivity index (χ3v) is 6.68. The summed E-state index contributed by atoms with van der Waals surface area (Å²) in [5.74, 6) is 0.945. The molecule has 5 rings (SSSR count). The minimum absolute atomic E-state index is 0.0673. The maximum Gasteiger partial charge on any atom is 0.251 e. The Hall–Kier alpha value is -4.44. The van der Waals surface area contributed by atoms with E-state index in [1.54, 1.807) is 55.6 Å². The van der Waals surface area contributed by atoms with Crippen LogP contribution in [0.3, 0.4) is 0 Å². The Balaban J connectivity index is 1.32. The van der Waals surface area contributed by atoms with Gasteiger partial charge in [0.1, 0.15) is 11.6 Å². The first-order valence-corrected chi connectivity index (χ1v) is 12.3. The maximum absolute atomic E-state index is 12.8. The first-order chi connectivity index (χ1) is 18.5. The van der Waals surface area contributed by atoms with E-state index in [1.165, 1.54) is 0 Å². The lowest BCUT2D eigenvalue weighted by molar-refractivity contribution is -0.128. The molecule has 0 aliphatic carbocycles. The van der Waals surface area contributed by atoms with Gasteiger partial charge in [-0.25, -0.2) is 9.97 Å². The lowest BCUT2D eigenvalue weighted by Crippen LogP contribution is -2.32. The number of carbonyl (C=O) groups excluding carboxylic acids is 2. The average molecular weight is 516 g/mol. The second kappa shape index (κ2) is 10.9. The Morgan fingerprint density at radius 3 is 2.87 bits per heavy atom. The van der Waals surface area contributed by atoms with Crippen LogP contribution in [0.25, 0.3) is 33.5 Å². The van der Waals surface area contributed by atoms with E-state index in [4.69, 9.17) is 9.47 Å². The van der Waals surface area contributed by atoms with Gasteiger partial charge in [-0.05, 0) is 48.0 Å². The molecule has 10 heteroatoms. The summed E-state index contributed by atoms with van der Waals surface area (Å²) in [6, 6.07) is 14.1. The molecule has 38 heavy (non-hydrogen) atoms. The Morgan fingerprint density at radius 2 is 2.05 bits per heavy atom. The van der Waals surface area contributed by atoms with Crippen LogP contribution >= 0.6 is 0 Å². The van der Waals surface area contributed by atoms with Crippen LogP contribution in [-0.4, -0.2) is 77.2 Å². The smallest absolute Gasteiger partial charge is 0.251 e. The largest absolute Gasteiger partial charge is 0.507 e. The van der Waals surface area contributed by atoms with Crippen molar-refractivity contribution in [2.75, 3.05) is 40.5 Å². The number of hydrogen-bond donors (Lipinski definition) is 3. The summed E-state index contributed by atoms with van der Waals surface area (Å²) in [5.41, 5.74) is 3.91. The second-order valence-corrected chi connectivity index (χ2v) is 9.22. The maximum atomic E-state index is 12.8. The van der Waals surface area contributed by atoms with Crippen molar-refractivity contribution in [3.8, 4) is 34.1 Å². The number of aromatic hydroxyl groups is 1. The predicted octanol–water partition coefficient (Wildman–Crippen LogP) is 3.23. The molecular weight excluding hydrogens is 486 g/mol. The normalized spacial score (nSPS) is 15.3. The minimum atomic E-state index is -0.229. The average Bonchev–Trinajstić information content (AvgIpc) is 3.53. The number of pyridine rings is 1. The number of phenolic OH excluding ortho intramolecular Hbond substituents is 1. The summed E-state index contributed by atoms with van der Waals surface area (Å²) in [4.78, 5) is 38.9. The van der Waals surface area contributed by atoms with Crippen molar-refractivity contribution in [1.29, 1.82) is 0 Å². The van der Waals surface area contributed by atoms with E-state index >= 15 is 0 Å². The van der Waals surface area contributed by atoms with Crippen LogP contribution in [0.4, 0.5) is 0 Å². The van der Waals surface area contributed by atoms with Gasteiger partial charge in [0, 0.05) is 56.4 Å². The van der Waals surface area contributed by atoms with Crippen molar-refractivity contribution in [3.05, 3.63) is 60.3 Å². The molecule has 1 unspecified atom stereocenters. The van der Waals surface area contributed by atoms with Gasteiger partial charge in [0.05, 0.1) is 30.3 Å². The van der Waals surface area contributed by atoms with Crippen molar-refractivity contribution in [3.63, 3.8) is 0 Å². The Morgan fingerprint density at radius 1 is 1.18 bits per heavy atom. The van der Waals surface area contributed by atoms with Gasteiger partial charge >= 0.3 is 0 Å². The van der Waals surface area contributed by atoms with Crippen molar-refractivity contribution in [1.82, 2.24) is 25.2 Å². The van der Waals surface area contributed by atoms with Gasteiger partial charge in [-0.1, -0.05) is 6.07 Å². The first kappa shape index (κ1) is 25.2. The van der Waals surface area contributed by atoms with Crippen LogP contribution in [-0.2, 0) is 9.53 Å². The molecule has 1 aliphatic rings. The van der Waals surface area contributed by atoms with E-state index in [2.05, 4.69) is 20.3 Å². The Bertz CT molecular complexity index is 1480. The highest BCUT2D eigenvalue weighted by Gasteiger charge is 2.29. The molecule has 2 amide bonds. The highest BCUT2D eigenvalue weighted by Crippen LogP contribution is 2.35. The fourth-order valence-electron chi connectivity index (χ4n) is 4.69. The van der Waals surface area contributed by atoms with E-state index < -0.39 is 0 Å². The van der Waals surface area contributed by atoms with Gasteiger partial charge in [-0.3, -0.25) is 9.59 Å². The topological polar surface area (TPSA) is 130 Å². The summed E-state index contributed by atoms with van der Waals surface area (Å²) in [6.45, 7) is 2.08. The number of H-pyrrole nitrogens is 1. The Kier molecular flexibility index (Phi) is 7.23. The molecule has 0 bridgehead atoms. The summed E-state index contributed by atoms with van der Waals surface area (Å²) < 4.78 is 10.4. The highest BCUT2D eigenvalue weighted by molar-refractivity contribution is 5.98. The SMILES string of the molecule is COCCN1CC(CNC(=O)c2ccc3[nH]c(-c4cc(-c5cccnc5OC)ccc4O)nc3c2)CC1=O. The van der Waals surface area contributed by atoms with Crippen LogP contribution < -0.4 is 10.1 Å². The minimum Gasteiger partial charge on any atom is -0.507 e. The fourth-order valence-corrected chi connectivity index (χ4v) is 4.69. The van der Waals surface area contributed by atoms with Crippen molar-refractivity contribution >= 4 is 22.8 Å². The molecule has 0 spiro atoms. The predicted molar refractivity (Wildman–Crippen MR) is 142 cm³/mol. The number of ether oxygens (including phenoxy) is 2. The van der Waals surface area contributed by atoms with Gasteiger partial charge in [0.25, 0.3) is 5.91 Å². The number of hydrogen-bond acceptors (Lipinski definition) is 7. The molecule has 0 saturated carbocycles. The summed E-state index contributed by atoms with van der Waals surface area (Å²) in [5, 5.41) is 13.5. The molecule has 196 valence electrons. The molecule has 3 heterocycles. The van der Waals surface area contributed by atoms with Crippen LogP contribution in [0, 0.1) is 5.92 Å². The van der Waals surface area contributed by atoms with Crippen LogP contribution in [0.2, 0.25) is 0 Å². The fraction of sp³-hybridized carbons (Fsp3) is 0.286. The van der Waals surface area contributed by atoms with Gasteiger partial charge < -0.3 is 29.8 Å². The number of phenols is 1. The molecule has 1 saturated heterocycles. The number of nitrogens with zero attached hydrogens (tertiary/aromatic N) is 3. The van der Waals surface area contributed by atoms with E-state index in [1.807, 2.05) is 18.2 Å². The number of fused-ring (bicyclic) bond motifs is 1. The molecular formula is C28H29N5O5. The van der Waals surface area contributed by atoms with Crippen LogP contribution in [0.15, 0.2) is 54.7 Å². The molecule has 4 aromatic rings. The molecule has 2 aromatic carbocycles. The third kappa shape index (κ3) is 5.16. The quantitative estimate of drug-likeness (QED) is 0.312. The first-order valence-electron chi connectivity index (χ1n) is 12.3. The molecule has 1 atom stereocenters. The molecule has 1 fully saturated rings. The third-order valence-electron chi connectivity index (χ3n) is 6.68. The summed E-state index contributed by atoms with van der Waals surface area (Å²) >= 11 is 0. The molecule has 10 nitrogen and oxygen atoms in total. The number of likely N-dealkylation sites (tertiary alicyclic amines) is 1. The van der Waals surface area contributed by atoms with Gasteiger partial charge in [0.15, 0.2) is 0 Å². The number of aromatic amines is 1. The van der Waals surface area contributed by atoms with Crippen LogP contribution in [0.5, 0.6) is 11.6 Å². The number of nitrogens with one attached hydrogen (secondary N) is 2. The number of aromatic nitrogens is 3. The van der Waals surface area contributed by atoms with Crippen molar-refractivity contribution in [2.45, 2.75) is 6.42 Å². The molecule has 3 N–H and O–H groups in total. The standard InChI is InChI=1S/C28H29N5O5/c1-37-11-10-33-16-17(12-25(33)35)15-30-27(36)19-5-7-22-23(14-19)32-26(31-22)21-13-18(6-8-24(21)34)20-4-3-9-29-28(20)38-2/h3-9,13-14,17,34H,10-12,15-16H2,1-2H3,(H,30,36)(H,31,32). The van der Waals surface area contributed by atoms with Crippen molar-refractivity contribution in [2.24, 2.45) is 5.92 Å². The molecule has 1 aliphatic heterocycles. The summed E-state index contributed by atoms with van der Waals surface area (Å²) in [6.07, 6.45) is 2.07. The van der Waals surface area contributed by atoms with Gasteiger partial charge in [-0.2, -0.15) is 0 Å². The van der Waals surface area contributed by atoms with E-state index in [-0.39, 0.29) is 23.5 Å². The summed E-state index contributed by atoms with van der Waals surface area (Å²) in [7, 11) is 3.17. The number of carbonyl (C=O) groups is 2. The molecule has 2 aromatic heterocycles. The molecule has 0 radical (unpaired) electrons. The zero-order valence-corrected chi connectivity index (χ0v) is 21.2. The number of imidazole rings is 1. The zero-order chi connectivity index (χ0) is 26.6. The monoisotopic (exact) mass is 515 g/mol. The Labute approximate surface area is 219 Å². The lowest BCUT2D eigenvalue weighted by Gasteiger charge is -2.16. The van der Waals surface area contributed by atoms with Gasteiger partial charge in [0.2, 0.25) is 11.8 Å². The van der Waals surface area contributed by atoms with Crippen LogP contribution in [0.1, 0.15) is 16.8 Å². The van der Waals surface area contributed by atoms with E-state index in [9.17, 15) is 14.7 Å². The second-order valence-electron chi connectivity index (χ2n) is 9.22. The number of benzene rings is 2. The number of amides is 2. The van der Waals surface area contributed by atoms with Gasteiger partial charge in [-0.15, -0.1) is 0 Å². The van der Waals surface area contributed by atoms with E-state index in [0.29, 0.717) is 61.0 Å². The zero-order valence-electron chi connectivity index (χ0n) is 21.2.